The van der Waals surface area contributed by atoms with E-state index in [-0.39, 0.29) is 5.75 Å². The Hall–Kier alpha value is -0.910. The number of sulfonamides is 1. The minimum absolute atomic E-state index is 0.269. The first-order chi connectivity index (χ1) is 12.1. The van der Waals surface area contributed by atoms with Gasteiger partial charge < -0.3 is 0 Å². The highest BCUT2D eigenvalue weighted by Crippen LogP contribution is 2.23. The van der Waals surface area contributed by atoms with Gasteiger partial charge in [-0.3, -0.25) is 4.90 Å². The van der Waals surface area contributed by atoms with Gasteiger partial charge in [-0.15, -0.1) is 0 Å². The van der Waals surface area contributed by atoms with Crippen molar-refractivity contribution in [3.05, 3.63) is 35.9 Å². The SMILES string of the molecule is O=S(=O)(CCCc1ccccc1)N1CCN(C2CCCCCC2)CC1. The predicted molar refractivity (Wildman–Crippen MR) is 103 cm³/mol. The van der Waals surface area contributed by atoms with E-state index in [0.29, 0.717) is 25.6 Å². The predicted octanol–water partition coefficient (Wildman–Crippen LogP) is 3.29. The van der Waals surface area contributed by atoms with Gasteiger partial charge in [-0.1, -0.05) is 56.0 Å². The molecule has 0 radical (unpaired) electrons. The molecular formula is C20H32N2O2S. The molecule has 1 aromatic carbocycles. The summed E-state index contributed by atoms with van der Waals surface area (Å²) in [5, 5.41) is 0. The van der Waals surface area contributed by atoms with Crippen LogP contribution in [0.1, 0.15) is 50.5 Å². The van der Waals surface area contributed by atoms with Crippen LogP contribution in [0.3, 0.4) is 0 Å². The summed E-state index contributed by atoms with van der Waals surface area (Å²) in [6, 6.07) is 10.8. The Morgan fingerprint density at radius 1 is 0.880 bits per heavy atom. The molecule has 1 aromatic rings. The first kappa shape index (κ1) is 18.9. The second-order valence-electron chi connectivity index (χ2n) is 7.49. The summed E-state index contributed by atoms with van der Waals surface area (Å²) in [6.45, 7) is 3.15. The summed E-state index contributed by atoms with van der Waals surface area (Å²) in [4.78, 5) is 2.54. The zero-order valence-corrected chi connectivity index (χ0v) is 16.1. The highest BCUT2D eigenvalue weighted by atomic mass is 32.2. The number of hydrogen-bond donors (Lipinski definition) is 0. The Kier molecular flexibility index (Phi) is 6.91. The van der Waals surface area contributed by atoms with Crippen molar-refractivity contribution >= 4 is 10.0 Å². The Labute approximate surface area is 153 Å². The van der Waals surface area contributed by atoms with Crippen LogP contribution in [0, 0.1) is 0 Å². The molecule has 25 heavy (non-hydrogen) atoms. The van der Waals surface area contributed by atoms with Gasteiger partial charge >= 0.3 is 0 Å². The third-order valence-electron chi connectivity index (χ3n) is 5.72. The summed E-state index contributed by atoms with van der Waals surface area (Å²) < 4.78 is 27.0. The van der Waals surface area contributed by atoms with Gasteiger partial charge in [0.25, 0.3) is 0 Å². The molecule has 140 valence electrons. The lowest BCUT2D eigenvalue weighted by atomic mass is 10.1. The third-order valence-corrected chi connectivity index (χ3v) is 7.67. The molecule has 0 amide bonds. The lowest BCUT2D eigenvalue weighted by molar-refractivity contribution is 0.126. The molecule has 0 N–H and O–H groups in total. The molecule has 0 unspecified atom stereocenters. The molecule has 1 saturated heterocycles. The molecular weight excluding hydrogens is 332 g/mol. The second-order valence-corrected chi connectivity index (χ2v) is 9.57. The number of nitrogens with zero attached hydrogens (tertiary/aromatic N) is 2. The van der Waals surface area contributed by atoms with Crippen LogP contribution in [0.25, 0.3) is 0 Å². The number of aryl methyl sites for hydroxylation is 1. The largest absolute Gasteiger partial charge is 0.298 e. The molecule has 0 aromatic heterocycles. The van der Waals surface area contributed by atoms with Gasteiger partial charge in [0.05, 0.1) is 5.75 Å². The molecule has 1 aliphatic carbocycles. The molecule has 2 fully saturated rings. The zero-order valence-electron chi connectivity index (χ0n) is 15.3. The van der Waals surface area contributed by atoms with Gasteiger partial charge in [0, 0.05) is 32.2 Å². The zero-order chi connectivity index (χ0) is 17.5. The van der Waals surface area contributed by atoms with Crippen LogP contribution >= 0.6 is 0 Å². The highest BCUT2D eigenvalue weighted by molar-refractivity contribution is 7.89. The Morgan fingerprint density at radius 2 is 1.52 bits per heavy atom. The van der Waals surface area contributed by atoms with E-state index in [1.54, 1.807) is 4.31 Å². The van der Waals surface area contributed by atoms with Crippen LogP contribution in [0.15, 0.2) is 30.3 Å². The van der Waals surface area contributed by atoms with Gasteiger partial charge in [-0.2, -0.15) is 4.31 Å². The maximum atomic E-state index is 12.6. The van der Waals surface area contributed by atoms with Crippen molar-refractivity contribution in [1.82, 2.24) is 9.21 Å². The number of benzene rings is 1. The molecule has 3 rings (SSSR count). The molecule has 0 bridgehead atoms. The van der Waals surface area contributed by atoms with E-state index in [0.717, 1.165) is 19.5 Å². The standard InChI is InChI=1S/C20H32N2O2S/c23-25(24,18-8-11-19-9-4-3-5-10-19)22-16-14-21(15-17-22)20-12-6-1-2-7-13-20/h3-5,9-10,20H,1-2,6-8,11-18H2. The third kappa shape index (κ3) is 5.53. The van der Waals surface area contributed by atoms with E-state index < -0.39 is 10.0 Å². The Bertz CT molecular complexity index is 602. The van der Waals surface area contributed by atoms with Crippen molar-refractivity contribution in [2.24, 2.45) is 0 Å². The lowest BCUT2D eigenvalue weighted by Gasteiger charge is -2.38. The number of piperazine rings is 1. The van der Waals surface area contributed by atoms with Crippen LogP contribution in [0.4, 0.5) is 0 Å². The fraction of sp³-hybridized carbons (Fsp3) is 0.700. The minimum atomic E-state index is -3.11. The van der Waals surface area contributed by atoms with Gasteiger partial charge in [-0.25, -0.2) is 8.42 Å². The van der Waals surface area contributed by atoms with Crippen molar-refractivity contribution in [2.75, 3.05) is 31.9 Å². The Balaban J connectivity index is 1.44. The van der Waals surface area contributed by atoms with Crippen LogP contribution in [0.5, 0.6) is 0 Å². The van der Waals surface area contributed by atoms with Crippen molar-refractivity contribution in [1.29, 1.82) is 0 Å². The quantitative estimate of drug-likeness (QED) is 0.727. The smallest absolute Gasteiger partial charge is 0.214 e. The Morgan fingerprint density at radius 3 is 2.16 bits per heavy atom. The summed E-state index contributed by atoms with van der Waals surface area (Å²) >= 11 is 0. The fourth-order valence-electron chi connectivity index (χ4n) is 4.20. The van der Waals surface area contributed by atoms with E-state index in [1.165, 1.54) is 44.1 Å². The summed E-state index contributed by atoms with van der Waals surface area (Å²) in [6.07, 6.45) is 9.54. The number of rotatable bonds is 6. The van der Waals surface area contributed by atoms with Crippen LogP contribution in [0.2, 0.25) is 0 Å². The molecule has 5 heteroatoms. The monoisotopic (exact) mass is 364 g/mol. The molecule has 1 saturated carbocycles. The van der Waals surface area contributed by atoms with Crippen LogP contribution in [-0.2, 0) is 16.4 Å². The van der Waals surface area contributed by atoms with Gasteiger partial charge in [0.2, 0.25) is 10.0 Å². The summed E-state index contributed by atoms with van der Waals surface area (Å²) in [7, 11) is -3.11. The van der Waals surface area contributed by atoms with Gasteiger partial charge in [-0.05, 0) is 31.2 Å². The van der Waals surface area contributed by atoms with E-state index >= 15 is 0 Å². The lowest BCUT2D eigenvalue weighted by Crippen LogP contribution is -2.52. The van der Waals surface area contributed by atoms with E-state index in [9.17, 15) is 8.42 Å². The highest BCUT2D eigenvalue weighted by Gasteiger charge is 2.29. The van der Waals surface area contributed by atoms with Crippen molar-refractivity contribution < 1.29 is 8.42 Å². The number of hydrogen-bond acceptors (Lipinski definition) is 3. The molecule has 1 aliphatic heterocycles. The summed E-state index contributed by atoms with van der Waals surface area (Å²) in [5.41, 5.74) is 1.22. The molecule has 0 atom stereocenters. The average Bonchev–Trinajstić information content (AvgIpc) is 2.92. The average molecular weight is 365 g/mol. The molecule has 4 nitrogen and oxygen atoms in total. The van der Waals surface area contributed by atoms with E-state index in [1.807, 2.05) is 18.2 Å². The van der Waals surface area contributed by atoms with Crippen LogP contribution < -0.4 is 0 Å². The first-order valence-corrected chi connectivity index (χ1v) is 11.5. The van der Waals surface area contributed by atoms with Crippen LogP contribution in [-0.4, -0.2) is 55.6 Å². The van der Waals surface area contributed by atoms with Crippen molar-refractivity contribution in [2.45, 2.75) is 57.4 Å². The van der Waals surface area contributed by atoms with Gasteiger partial charge in [0.1, 0.15) is 0 Å². The maximum Gasteiger partial charge on any atom is 0.214 e. The minimum Gasteiger partial charge on any atom is -0.298 e. The van der Waals surface area contributed by atoms with Crippen molar-refractivity contribution in [3.8, 4) is 0 Å². The molecule has 0 spiro atoms. The molecule has 1 heterocycles. The fourth-order valence-corrected chi connectivity index (χ4v) is 5.69. The topological polar surface area (TPSA) is 40.6 Å². The first-order valence-electron chi connectivity index (χ1n) is 9.91. The van der Waals surface area contributed by atoms with E-state index in [2.05, 4.69) is 17.0 Å². The summed E-state index contributed by atoms with van der Waals surface area (Å²) in [5.74, 6) is 0.269. The normalized spacial score (nSPS) is 21.9. The van der Waals surface area contributed by atoms with Gasteiger partial charge in [0.15, 0.2) is 0 Å². The van der Waals surface area contributed by atoms with E-state index in [4.69, 9.17) is 0 Å². The van der Waals surface area contributed by atoms with Crippen molar-refractivity contribution in [3.63, 3.8) is 0 Å². The second kappa shape index (κ2) is 9.15. The molecule has 2 aliphatic rings. The maximum absolute atomic E-state index is 12.6.